The van der Waals surface area contributed by atoms with Gasteiger partial charge < -0.3 is 19.1 Å². The summed E-state index contributed by atoms with van der Waals surface area (Å²) < 4.78 is 17.2. The van der Waals surface area contributed by atoms with E-state index < -0.39 is 11.9 Å². The average molecular weight is 437 g/mol. The van der Waals surface area contributed by atoms with Crippen LogP contribution in [-0.2, 0) is 16.0 Å². The number of carbonyl (C=O) groups excluding carboxylic acids is 2. The van der Waals surface area contributed by atoms with Crippen LogP contribution in [0.2, 0.25) is 0 Å². The molecule has 0 saturated carbocycles. The van der Waals surface area contributed by atoms with E-state index in [9.17, 15) is 9.59 Å². The van der Waals surface area contributed by atoms with Gasteiger partial charge in [0.05, 0.1) is 26.5 Å². The van der Waals surface area contributed by atoms with Gasteiger partial charge in [-0.3, -0.25) is 0 Å². The van der Waals surface area contributed by atoms with Crippen molar-refractivity contribution in [2.45, 2.75) is 13.5 Å². The minimum Gasteiger partial charge on any atom is -0.494 e. The summed E-state index contributed by atoms with van der Waals surface area (Å²) >= 11 is 0. The number of methoxy groups -OCH3 is 2. The van der Waals surface area contributed by atoms with Crippen molar-refractivity contribution in [3.8, 4) is 22.7 Å². The Kier molecular flexibility index (Phi) is 7.27. The van der Waals surface area contributed by atoms with E-state index in [0.717, 1.165) is 11.3 Å². The van der Waals surface area contributed by atoms with E-state index in [4.69, 9.17) is 14.2 Å². The third-order valence-electron chi connectivity index (χ3n) is 4.77. The molecular weight excluding hydrogens is 410 g/mol. The van der Waals surface area contributed by atoms with Crippen molar-refractivity contribution >= 4 is 11.9 Å². The molecule has 3 rings (SSSR count). The second-order valence-corrected chi connectivity index (χ2v) is 7.30. The minimum absolute atomic E-state index is 0.00333. The molecule has 2 aromatic carbocycles. The van der Waals surface area contributed by atoms with E-state index in [-0.39, 0.29) is 11.3 Å². The molecule has 0 N–H and O–H groups in total. The maximum Gasteiger partial charge on any atom is 0.357 e. The highest BCUT2D eigenvalue weighted by atomic mass is 16.5. The van der Waals surface area contributed by atoms with E-state index in [1.54, 1.807) is 12.1 Å². The zero-order valence-corrected chi connectivity index (χ0v) is 18.9. The third-order valence-corrected chi connectivity index (χ3v) is 4.77. The van der Waals surface area contributed by atoms with Crippen LogP contribution in [0.1, 0.15) is 33.3 Å². The smallest absolute Gasteiger partial charge is 0.357 e. The number of benzene rings is 2. The monoisotopic (exact) mass is 437 g/mol. The van der Waals surface area contributed by atoms with Gasteiger partial charge in [0.2, 0.25) is 0 Å². The summed E-state index contributed by atoms with van der Waals surface area (Å²) in [5.41, 5.74) is 2.57. The number of hydrogen-bond donors (Lipinski definition) is 0. The summed E-state index contributed by atoms with van der Waals surface area (Å²) in [6.45, 7) is 3.08. The van der Waals surface area contributed by atoms with Crippen molar-refractivity contribution in [1.82, 2.24) is 14.7 Å². The molecular formula is C24H27N3O5. The Balaban J connectivity index is 2.29. The second-order valence-electron chi connectivity index (χ2n) is 7.30. The molecule has 0 bridgehead atoms. The standard InChI is InChI=1S/C24H27N3O5/c1-6-32-19-13-12-16(14-17(19)15-26(2)3)21-20(23(28)30-4)22(24(29)31-5)27(25-21)18-10-8-7-9-11-18/h7-14H,6,15H2,1-5H3. The second kappa shape index (κ2) is 10.1. The molecule has 0 aliphatic rings. The molecule has 0 aliphatic carbocycles. The van der Waals surface area contributed by atoms with Crippen molar-refractivity contribution in [3.05, 3.63) is 65.4 Å². The minimum atomic E-state index is -0.688. The number of hydrogen-bond acceptors (Lipinski definition) is 7. The predicted octanol–water partition coefficient (Wildman–Crippen LogP) is 3.57. The summed E-state index contributed by atoms with van der Waals surface area (Å²) in [5, 5.41) is 4.65. The van der Waals surface area contributed by atoms with Crippen molar-refractivity contribution in [3.63, 3.8) is 0 Å². The number of aromatic nitrogens is 2. The maximum absolute atomic E-state index is 12.8. The molecule has 168 valence electrons. The van der Waals surface area contributed by atoms with Gasteiger partial charge >= 0.3 is 11.9 Å². The number of nitrogens with zero attached hydrogens (tertiary/aromatic N) is 3. The molecule has 8 nitrogen and oxygen atoms in total. The van der Waals surface area contributed by atoms with Crippen molar-refractivity contribution in [2.24, 2.45) is 0 Å². The van der Waals surface area contributed by atoms with Gasteiger partial charge in [0.15, 0.2) is 5.69 Å². The normalized spacial score (nSPS) is 10.8. The molecule has 1 heterocycles. The molecule has 3 aromatic rings. The first-order valence-corrected chi connectivity index (χ1v) is 10.2. The SMILES string of the molecule is CCOc1ccc(-c2nn(-c3ccccc3)c(C(=O)OC)c2C(=O)OC)cc1CN(C)C. The Morgan fingerprint density at radius 2 is 1.69 bits per heavy atom. The number of rotatable bonds is 8. The van der Waals surface area contributed by atoms with Crippen molar-refractivity contribution < 1.29 is 23.8 Å². The fourth-order valence-electron chi connectivity index (χ4n) is 3.44. The summed E-state index contributed by atoms with van der Waals surface area (Å²) in [5.74, 6) is -0.613. The Labute approximate surface area is 187 Å². The highest BCUT2D eigenvalue weighted by Crippen LogP contribution is 2.32. The van der Waals surface area contributed by atoms with Crippen LogP contribution in [0.4, 0.5) is 0 Å². The van der Waals surface area contributed by atoms with E-state index in [2.05, 4.69) is 5.10 Å². The van der Waals surface area contributed by atoms with E-state index in [0.29, 0.717) is 30.1 Å². The molecule has 1 aromatic heterocycles. The first kappa shape index (κ1) is 23.0. The molecule has 0 fully saturated rings. The first-order valence-electron chi connectivity index (χ1n) is 10.2. The van der Waals surface area contributed by atoms with Crippen LogP contribution in [-0.4, -0.2) is 61.5 Å². The number of carbonyl (C=O) groups is 2. The average Bonchev–Trinajstić information content (AvgIpc) is 3.20. The Hall–Kier alpha value is -3.65. The van der Waals surface area contributed by atoms with Crippen LogP contribution < -0.4 is 4.74 Å². The zero-order chi connectivity index (χ0) is 23.3. The van der Waals surface area contributed by atoms with Gasteiger partial charge in [-0.25, -0.2) is 14.3 Å². The molecule has 0 unspecified atom stereocenters. The molecule has 0 radical (unpaired) electrons. The number of esters is 2. The zero-order valence-electron chi connectivity index (χ0n) is 18.9. The highest BCUT2D eigenvalue weighted by molar-refractivity contribution is 6.06. The summed E-state index contributed by atoms with van der Waals surface area (Å²) in [6.07, 6.45) is 0. The Bertz CT molecular complexity index is 1110. The lowest BCUT2D eigenvalue weighted by Crippen LogP contribution is -2.15. The third kappa shape index (κ3) is 4.65. The van der Waals surface area contributed by atoms with Gasteiger partial charge in [-0.15, -0.1) is 0 Å². The summed E-state index contributed by atoms with van der Waals surface area (Å²) in [7, 11) is 6.45. The molecule has 0 amide bonds. The molecule has 0 atom stereocenters. The molecule has 32 heavy (non-hydrogen) atoms. The first-order chi connectivity index (χ1) is 15.4. The number of ether oxygens (including phenoxy) is 3. The Morgan fingerprint density at radius 1 is 1.00 bits per heavy atom. The van der Waals surface area contributed by atoms with Gasteiger partial charge in [0.25, 0.3) is 0 Å². The topological polar surface area (TPSA) is 82.9 Å². The highest BCUT2D eigenvalue weighted by Gasteiger charge is 2.31. The van der Waals surface area contributed by atoms with E-state index in [1.165, 1.54) is 18.9 Å². The van der Waals surface area contributed by atoms with Gasteiger partial charge in [-0.1, -0.05) is 18.2 Å². The van der Waals surface area contributed by atoms with E-state index in [1.807, 2.05) is 62.3 Å². The van der Waals surface area contributed by atoms with Gasteiger partial charge in [-0.2, -0.15) is 5.10 Å². The van der Waals surface area contributed by atoms with Crippen molar-refractivity contribution in [2.75, 3.05) is 34.9 Å². The van der Waals surface area contributed by atoms with Gasteiger partial charge in [0, 0.05) is 17.7 Å². The molecule has 0 aliphatic heterocycles. The van der Waals surface area contributed by atoms with Crippen LogP contribution in [0.3, 0.4) is 0 Å². The molecule has 0 spiro atoms. The van der Waals surface area contributed by atoms with Crippen LogP contribution in [0.5, 0.6) is 5.75 Å². The van der Waals surface area contributed by atoms with Crippen LogP contribution in [0.25, 0.3) is 16.9 Å². The summed E-state index contributed by atoms with van der Waals surface area (Å²) in [4.78, 5) is 27.6. The quantitative estimate of drug-likeness (QED) is 0.498. The summed E-state index contributed by atoms with van der Waals surface area (Å²) in [6, 6.07) is 14.7. The fraction of sp³-hybridized carbons (Fsp3) is 0.292. The lowest BCUT2D eigenvalue weighted by atomic mass is 10.0. The van der Waals surface area contributed by atoms with Crippen LogP contribution >= 0.6 is 0 Å². The van der Waals surface area contributed by atoms with E-state index >= 15 is 0 Å². The lowest BCUT2D eigenvalue weighted by Gasteiger charge is -2.15. The molecule has 8 heteroatoms. The van der Waals surface area contributed by atoms with Crippen LogP contribution in [0, 0.1) is 0 Å². The van der Waals surface area contributed by atoms with Crippen molar-refractivity contribution in [1.29, 1.82) is 0 Å². The number of para-hydroxylation sites is 1. The predicted molar refractivity (Wildman–Crippen MR) is 120 cm³/mol. The lowest BCUT2D eigenvalue weighted by molar-refractivity contribution is 0.0549. The maximum atomic E-state index is 12.8. The fourth-order valence-corrected chi connectivity index (χ4v) is 3.44. The van der Waals surface area contributed by atoms with Gasteiger partial charge in [0.1, 0.15) is 17.0 Å². The van der Waals surface area contributed by atoms with Gasteiger partial charge in [-0.05, 0) is 51.4 Å². The molecule has 0 saturated heterocycles. The largest absolute Gasteiger partial charge is 0.494 e. The Morgan fingerprint density at radius 3 is 2.28 bits per heavy atom. The van der Waals surface area contributed by atoms with Crippen LogP contribution in [0.15, 0.2) is 48.5 Å².